The first-order valence-electron chi connectivity index (χ1n) is 14.1. The highest BCUT2D eigenvalue weighted by molar-refractivity contribution is 7.93. The highest BCUT2D eigenvalue weighted by atomic mass is 35.5. The fourth-order valence-electron chi connectivity index (χ4n) is 6.33. The smallest absolute Gasteiger partial charge is 0.497 e. The summed E-state index contributed by atoms with van der Waals surface area (Å²) in [7, 11) is 0.301. The zero-order chi connectivity index (χ0) is 34.6. The molecule has 3 aromatic carbocycles. The zero-order valence-electron chi connectivity index (χ0n) is 25.8. The molecule has 0 radical (unpaired) electrons. The summed E-state index contributed by atoms with van der Waals surface area (Å²) in [5.74, 6) is -2.76. The van der Waals surface area contributed by atoms with Crippen LogP contribution in [0.1, 0.15) is 23.1 Å². The molecule has 0 saturated carbocycles. The van der Waals surface area contributed by atoms with Crippen LogP contribution in [-0.4, -0.2) is 88.5 Å². The Kier molecular flexibility index (Phi) is 8.90. The molecule has 11 nitrogen and oxygen atoms in total. The van der Waals surface area contributed by atoms with E-state index in [2.05, 4.69) is 4.74 Å². The van der Waals surface area contributed by atoms with Crippen LogP contribution in [0.2, 0.25) is 5.02 Å². The first kappa shape index (κ1) is 34.3. The number of fused-ring (bicyclic) bond motifs is 1. The van der Waals surface area contributed by atoms with Crippen molar-refractivity contribution in [2.24, 2.45) is 0 Å². The number of aliphatic hydroxyl groups is 1. The van der Waals surface area contributed by atoms with Gasteiger partial charge in [-0.05, 0) is 49.2 Å². The van der Waals surface area contributed by atoms with E-state index in [0.717, 1.165) is 18.2 Å². The molecule has 0 aliphatic carbocycles. The Hall–Kier alpha value is -4.05. The molecule has 2 aliphatic rings. The van der Waals surface area contributed by atoms with Crippen molar-refractivity contribution in [3.8, 4) is 17.2 Å². The maximum atomic E-state index is 15.3. The lowest BCUT2D eigenvalue weighted by Gasteiger charge is -2.42. The molecule has 252 valence electrons. The average Bonchev–Trinajstić information content (AvgIpc) is 3.50. The third-order valence-electron chi connectivity index (χ3n) is 8.20. The van der Waals surface area contributed by atoms with Crippen molar-refractivity contribution < 1.29 is 50.5 Å². The number of carbonyl (C=O) groups is 2. The van der Waals surface area contributed by atoms with Crippen molar-refractivity contribution in [2.45, 2.75) is 42.3 Å². The van der Waals surface area contributed by atoms with Gasteiger partial charge in [-0.1, -0.05) is 29.8 Å². The van der Waals surface area contributed by atoms with Gasteiger partial charge in [-0.3, -0.25) is 14.5 Å². The number of likely N-dealkylation sites (N-methyl/N-ethyl adjacent to an activating group) is 1. The molecular weight excluding hydrogens is 667 g/mol. The molecule has 0 aromatic heterocycles. The monoisotopic (exact) mass is 697 g/mol. The predicted octanol–water partition coefficient (Wildman–Crippen LogP) is 4.07. The molecule has 3 aromatic rings. The zero-order valence-corrected chi connectivity index (χ0v) is 27.4. The van der Waals surface area contributed by atoms with E-state index in [1.165, 1.54) is 62.4 Å². The van der Waals surface area contributed by atoms with Gasteiger partial charge in [0.15, 0.2) is 11.3 Å². The van der Waals surface area contributed by atoms with Gasteiger partial charge in [-0.15, -0.1) is 13.2 Å². The number of halogens is 4. The summed E-state index contributed by atoms with van der Waals surface area (Å²) in [6.45, 7) is 1.43. The quantitative estimate of drug-likeness (QED) is 0.371. The third-order valence-corrected chi connectivity index (χ3v) is 10.2. The third kappa shape index (κ3) is 5.64. The Labute approximate surface area is 274 Å². The van der Waals surface area contributed by atoms with Gasteiger partial charge in [0.1, 0.15) is 16.4 Å². The number of aliphatic hydroxyl groups excluding tert-OH is 1. The number of ether oxygens (including phenoxy) is 3. The number of nitrogens with zero attached hydrogens (tertiary/aromatic N) is 3. The van der Waals surface area contributed by atoms with Crippen LogP contribution in [0.5, 0.6) is 17.2 Å². The number of benzene rings is 3. The second kappa shape index (κ2) is 12.2. The molecule has 1 N–H and O–H groups in total. The SMILES string of the molecule is COc1ccc(S(=O)(=O)N2C(=O)C(c3cccc(C)c3OC)(N3C[C@H](O)C[C@H]3C(=O)N(C)C)c3cc(Cl)ccc32)c(OC(F)(F)F)c1. The summed E-state index contributed by atoms with van der Waals surface area (Å²) < 4.78 is 85.0. The molecular formula is C31H31ClF3N3O8S. The number of amides is 2. The molecule has 5 rings (SSSR count). The normalized spacial score (nSPS) is 21.5. The number of carbonyl (C=O) groups excluding carboxylic acids is 2. The molecule has 2 aliphatic heterocycles. The van der Waals surface area contributed by atoms with Gasteiger partial charge in [0, 0.05) is 42.9 Å². The topological polar surface area (TPSA) is 126 Å². The summed E-state index contributed by atoms with van der Waals surface area (Å²) in [5, 5.41) is 11.0. The van der Waals surface area contributed by atoms with Crippen molar-refractivity contribution >= 4 is 39.1 Å². The summed E-state index contributed by atoms with van der Waals surface area (Å²) >= 11 is 6.47. The molecule has 3 atom stereocenters. The van der Waals surface area contributed by atoms with Gasteiger partial charge in [-0.25, -0.2) is 12.7 Å². The maximum Gasteiger partial charge on any atom is 0.573 e. The van der Waals surface area contributed by atoms with Crippen LogP contribution in [-0.2, 0) is 25.2 Å². The largest absolute Gasteiger partial charge is 0.573 e. The molecule has 1 unspecified atom stereocenters. The number of hydrogen-bond donors (Lipinski definition) is 1. The minimum Gasteiger partial charge on any atom is -0.497 e. The highest BCUT2D eigenvalue weighted by Gasteiger charge is 2.64. The van der Waals surface area contributed by atoms with Crippen molar-refractivity contribution in [1.29, 1.82) is 0 Å². The van der Waals surface area contributed by atoms with Crippen LogP contribution >= 0.6 is 11.6 Å². The van der Waals surface area contributed by atoms with E-state index in [1.807, 2.05) is 0 Å². The molecule has 16 heteroatoms. The van der Waals surface area contributed by atoms with E-state index >= 15 is 4.79 Å². The van der Waals surface area contributed by atoms with Gasteiger partial charge in [0.25, 0.3) is 15.9 Å². The molecule has 1 saturated heterocycles. The number of para-hydroxylation sites is 1. The van der Waals surface area contributed by atoms with Gasteiger partial charge in [-0.2, -0.15) is 0 Å². The Bertz CT molecular complexity index is 1860. The van der Waals surface area contributed by atoms with E-state index in [0.29, 0.717) is 9.87 Å². The number of rotatable bonds is 8. The van der Waals surface area contributed by atoms with E-state index in [-0.39, 0.29) is 46.3 Å². The van der Waals surface area contributed by atoms with Crippen molar-refractivity contribution in [1.82, 2.24) is 9.80 Å². The van der Waals surface area contributed by atoms with E-state index in [4.69, 9.17) is 21.1 Å². The van der Waals surface area contributed by atoms with Crippen LogP contribution in [0.25, 0.3) is 0 Å². The molecule has 2 amide bonds. The lowest BCUT2D eigenvalue weighted by Crippen LogP contribution is -2.59. The second-order valence-corrected chi connectivity index (χ2v) is 13.4. The van der Waals surface area contributed by atoms with Crippen LogP contribution in [0.4, 0.5) is 18.9 Å². The average molecular weight is 698 g/mol. The predicted molar refractivity (Wildman–Crippen MR) is 164 cm³/mol. The molecule has 0 bridgehead atoms. The standard InChI is InChI=1S/C31H31ClF3N3O8S/c1-17-7-6-8-21(27(17)45-5)30(37-16-19(39)14-24(37)28(40)36(2)3)22-13-18(32)9-11-23(22)38(29(30)41)47(42,43)26-12-10-20(44-4)15-25(26)46-31(33,34)35/h6-13,15,19,24,39H,14,16H2,1-5H3/t19-,24+,30?/m1/s1. The summed E-state index contributed by atoms with van der Waals surface area (Å²) in [6, 6.07) is 10.3. The van der Waals surface area contributed by atoms with Gasteiger partial charge in [0.05, 0.1) is 32.1 Å². The highest BCUT2D eigenvalue weighted by Crippen LogP contribution is 2.55. The number of aryl methyl sites for hydroxylation is 1. The number of anilines is 1. The lowest BCUT2D eigenvalue weighted by atomic mass is 9.80. The Morgan fingerprint density at radius 3 is 2.38 bits per heavy atom. The first-order valence-corrected chi connectivity index (χ1v) is 15.9. The van der Waals surface area contributed by atoms with Crippen LogP contribution in [0, 0.1) is 6.92 Å². The van der Waals surface area contributed by atoms with Gasteiger partial charge in [0.2, 0.25) is 5.91 Å². The van der Waals surface area contributed by atoms with E-state index in [1.54, 1.807) is 19.1 Å². The number of β-amino-alcohol motifs (C(OH)–C–C–N with tert-alkyl or cyclic N) is 1. The summed E-state index contributed by atoms with van der Waals surface area (Å²) in [5.41, 5.74) is -1.75. The molecule has 0 spiro atoms. The maximum absolute atomic E-state index is 15.3. The van der Waals surface area contributed by atoms with Crippen LogP contribution in [0.15, 0.2) is 59.5 Å². The van der Waals surface area contributed by atoms with E-state index in [9.17, 15) is 31.5 Å². The summed E-state index contributed by atoms with van der Waals surface area (Å²) in [4.78, 5) is 30.6. The van der Waals surface area contributed by atoms with Crippen molar-refractivity contribution in [3.05, 3.63) is 76.3 Å². The Morgan fingerprint density at radius 1 is 1.06 bits per heavy atom. The second-order valence-electron chi connectivity index (χ2n) is 11.3. The Balaban J connectivity index is 1.87. The van der Waals surface area contributed by atoms with Gasteiger partial charge < -0.3 is 24.2 Å². The minimum atomic E-state index is -5.30. The van der Waals surface area contributed by atoms with Gasteiger partial charge >= 0.3 is 6.36 Å². The van der Waals surface area contributed by atoms with E-state index < -0.39 is 56.5 Å². The molecule has 47 heavy (non-hydrogen) atoms. The fourth-order valence-corrected chi connectivity index (χ4v) is 8.07. The fraction of sp³-hybridized carbons (Fsp3) is 0.355. The number of alkyl halides is 3. The molecule has 1 fully saturated rings. The lowest BCUT2D eigenvalue weighted by molar-refractivity contribution is -0.275. The summed E-state index contributed by atoms with van der Waals surface area (Å²) in [6.07, 6.45) is -6.53. The van der Waals surface area contributed by atoms with Crippen LogP contribution < -0.4 is 18.5 Å². The number of sulfonamides is 1. The first-order chi connectivity index (χ1) is 22.0. The number of hydrogen-bond acceptors (Lipinski definition) is 9. The number of methoxy groups -OCH3 is 2. The van der Waals surface area contributed by atoms with Crippen LogP contribution in [0.3, 0.4) is 0 Å². The Morgan fingerprint density at radius 2 is 1.77 bits per heavy atom. The molecule has 2 heterocycles. The minimum absolute atomic E-state index is 0.0000625. The van der Waals surface area contributed by atoms with Crippen molar-refractivity contribution in [2.75, 3.05) is 39.2 Å². The van der Waals surface area contributed by atoms with Crippen molar-refractivity contribution in [3.63, 3.8) is 0 Å². The number of likely N-dealkylation sites (tertiary alicyclic amines) is 1.